The third-order valence-electron chi connectivity index (χ3n) is 3.19. The van der Waals surface area contributed by atoms with Crippen molar-refractivity contribution in [2.45, 2.75) is 26.4 Å². The minimum atomic E-state index is -1.06. The van der Waals surface area contributed by atoms with Gasteiger partial charge in [0.1, 0.15) is 11.5 Å². The van der Waals surface area contributed by atoms with E-state index in [0.717, 1.165) is 0 Å². The lowest BCUT2D eigenvalue weighted by molar-refractivity contribution is 0.0690. The van der Waals surface area contributed by atoms with Crippen LogP contribution in [0, 0.1) is 0 Å². The van der Waals surface area contributed by atoms with Crippen molar-refractivity contribution in [3.05, 3.63) is 39.8 Å². The predicted octanol–water partition coefficient (Wildman–Crippen LogP) is 2.61. The Balaban J connectivity index is 2.00. The molecule has 0 atom stereocenters. The summed E-state index contributed by atoms with van der Waals surface area (Å²) in [4.78, 5) is 27.2. The van der Waals surface area contributed by atoms with Crippen molar-refractivity contribution in [3.63, 3.8) is 0 Å². The first-order valence-corrected chi connectivity index (χ1v) is 8.59. The van der Waals surface area contributed by atoms with Crippen molar-refractivity contribution in [1.82, 2.24) is 10.3 Å². The van der Waals surface area contributed by atoms with Crippen LogP contribution in [0.5, 0.6) is 11.5 Å². The first kappa shape index (κ1) is 18.7. The second kappa shape index (κ2) is 8.48. The summed E-state index contributed by atoms with van der Waals surface area (Å²) < 4.78 is 10.9. The van der Waals surface area contributed by atoms with Crippen LogP contribution in [-0.2, 0) is 6.42 Å². The van der Waals surface area contributed by atoms with Gasteiger partial charge >= 0.3 is 5.97 Å². The van der Waals surface area contributed by atoms with Crippen LogP contribution in [0.2, 0.25) is 0 Å². The number of carboxylic acids is 1. The van der Waals surface area contributed by atoms with E-state index < -0.39 is 5.97 Å². The number of benzene rings is 1. The number of hydrogen-bond acceptors (Lipinski definition) is 6. The molecule has 134 valence electrons. The summed E-state index contributed by atoms with van der Waals surface area (Å²) in [7, 11) is 1.55. The molecule has 2 rings (SSSR count). The molecule has 0 bridgehead atoms. The molecule has 1 heterocycles. The molecule has 0 aliphatic carbocycles. The molecule has 1 amide bonds. The number of hydrogen-bond donors (Lipinski definition) is 2. The molecule has 0 radical (unpaired) electrons. The van der Waals surface area contributed by atoms with Gasteiger partial charge in [0.2, 0.25) is 0 Å². The third-order valence-corrected chi connectivity index (χ3v) is 4.10. The van der Waals surface area contributed by atoms with Crippen LogP contribution in [-0.4, -0.2) is 41.7 Å². The number of rotatable bonds is 8. The Kier molecular flexibility index (Phi) is 6.35. The molecule has 0 aliphatic heterocycles. The van der Waals surface area contributed by atoms with Crippen LogP contribution >= 0.6 is 11.3 Å². The molecule has 0 aliphatic rings. The van der Waals surface area contributed by atoms with Crippen LogP contribution in [0.4, 0.5) is 0 Å². The molecule has 0 unspecified atom stereocenters. The van der Waals surface area contributed by atoms with E-state index in [2.05, 4.69) is 10.3 Å². The quantitative estimate of drug-likeness (QED) is 0.747. The zero-order valence-electron chi connectivity index (χ0n) is 14.2. The highest BCUT2D eigenvalue weighted by atomic mass is 32.1. The largest absolute Gasteiger partial charge is 0.497 e. The lowest BCUT2D eigenvalue weighted by Crippen LogP contribution is -2.26. The van der Waals surface area contributed by atoms with Gasteiger partial charge in [0.25, 0.3) is 5.91 Å². The Bertz CT molecular complexity index is 757. The van der Waals surface area contributed by atoms with E-state index in [-0.39, 0.29) is 17.7 Å². The molecule has 7 nitrogen and oxygen atoms in total. The van der Waals surface area contributed by atoms with Crippen LogP contribution in [0.15, 0.2) is 23.6 Å². The minimum Gasteiger partial charge on any atom is -0.497 e. The van der Waals surface area contributed by atoms with Gasteiger partial charge in [-0.1, -0.05) is 0 Å². The van der Waals surface area contributed by atoms with Gasteiger partial charge in [0.05, 0.1) is 23.8 Å². The number of carbonyl (C=O) groups excluding carboxylic acids is 1. The Labute approximate surface area is 149 Å². The molecule has 0 saturated carbocycles. The molecule has 8 heteroatoms. The molecular formula is C17H20N2O5S. The second-order valence-electron chi connectivity index (χ2n) is 5.47. The molecule has 2 aromatic rings. The maximum absolute atomic E-state index is 12.4. The van der Waals surface area contributed by atoms with E-state index in [1.165, 1.54) is 16.7 Å². The fourth-order valence-corrected chi connectivity index (χ4v) is 2.84. The van der Waals surface area contributed by atoms with Crippen molar-refractivity contribution in [3.8, 4) is 11.5 Å². The molecule has 0 spiro atoms. The average Bonchev–Trinajstić information content (AvgIpc) is 3.03. The Morgan fingerprint density at radius 2 is 2.12 bits per heavy atom. The molecule has 2 N–H and O–H groups in total. The SMILES string of the molecule is COc1ccc(C(=O)NCCc2nc(C(=O)O)cs2)c(OC(C)C)c1. The van der Waals surface area contributed by atoms with E-state index in [0.29, 0.717) is 35.0 Å². The van der Waals surface area contributed by atoms with Gasteiger partial charge in [-0.3, -0.25) is 4.79 Å². The average molecular weight is 364 g/mol. The number of aromatic carboxylic acids is 1. The van der Waals surface area contributed by atoms with Crippen LogP contribution < -0.4 is 14.8 Å². The monoisotopic (exact) mass is 364 g/mol. The van der Waals surface area contributed by atoms with Crippen molar-refractivity contribution in [2.75, 3.05) is 13.7 Å². The molecule has 1 aromatic heterocycles. The molecular weight excluding hydrogens is 344 g/mol. The number of ether oxygens (including phenoxy) is 2. The van der Waals surface area contributed by atoms with Gasteiger partial charge in [-0.25, -0.2) is 9.78 Å². The maximum Gasteiger partial charge on any atom is 0.355 e. The smallest absolute Gasteiger partial charge is 0.355 e. The Morgan fingerprint density at radius 3 is 2.72 bits per heavy atom. The number of nitrogens with one attached hydrogen (secondary N) is 1. The fraction of sp³-hybridized carbons (Fsp3) is 0.353. The van der Waals surface area contributed by atoms with E-state index in [1.54, 1.807) is 25.3 Å². The summed E-state index contributed by atoms with van der Waals surface area (Å²) in [6.07, 6.45) is 0.378. The van der Waals surface area contributed by atoms with Gasteiger partial charge in [-0.2, -0.15) is 0 Å². The fourth-order valence-electron chi connectivity index (χ4n) is 2.07. The van der Waals surface area contributed by atoms with Crippen molar-refractivity contribution >= 4 is 23.2 Å². The van der Waals surface area contributed by atoms with Crippen LogP contribution in [0.1, 0.15) is 39.7 Å². The maximum atomic E-state index is 12.4. The van der Waals surface area contributed by atoms with E-state index in [9.17, 15) is 9.59 Å². The lowest BCUT2D eigenvalue weighted by atomic mass is 10.1. The number of methoxy groups -OCH3 is 1. The summed E-state index contributed by atoms with van der Waals surface area (Å²) in [5, 5.41) is 13.8. The van der Waals surface area contributed by atoms with Crippen molar-refractivity contribution < 1.29 is 24.2 Å². The van der Waals surface area contributed by atoms with E-state index >= 15 is 0 Å². The lowest BCUT2D eigenvalue weighted by Gasteiger charge is -2.15. The molecule has 1 aromatic carbocycles. The number of carbonyl (C=O) groups is 2. The minimum absolute atomic E-state index is 0.0223. The molecule has 0 fully saturated rings. The summed E-state index contributed by atoms with van der Waals surface area (Å²) in [5.41, 5.74) is 0.439. The molecule has 0 saturated heterocycles. The number of amides is 1. The number of aromatic nitrogens is 1. The first-order chi connectivity index (χ1) is 11.9. The van der Waals surface area contributed by atoms with E-state index in [1.807, 2.05) is 13.8 Å². The number of nitrogens with zero attached hydrogens (tertiary/aromatic N) is 1. The normalized spacial score (nSPS) is 10.6. The predicted molar refractivity (Wildman–Crippen MR) is 93.9 cm³/mol. The summed E-state index contributed by atoms with van der Waals surface area (Å²) in [6, 6.07) is 5.02. The Morgan fingerprint density at radius 1 is 1.36 bits per heavy atom. The number of thiazole rings is 1. The number of carboxylic acid groups (broad SMARTS) is 1. The second-order valence-corrected chi connectivity index (χ2v) is 6.41. The highest BCUT2D eigenvalue weighted by molar-refractivity contribution is 7.09. The van der Waals surface area contributed by atoms with Gasteiger partial charge in [-0.15, -0.1) is 11.3 Å². The summed E-state index contributed by atoms with van der Waals surface area (Å²) in [6.45, 7) is 4.10. The molecule has 25 heavy (non-hydrogen) atoms. The van der Waals surface area contributed by atoms with Gasteiger partial charge < -0.3 is 19.9 Å². The van der Waals surface area contributed by atoms with Gasteiger partial charge in [-0.05, 0) is 26.0 Å². The van der Waals surface area contributed by atoms with Crippen molar-refractivity contribution in [2.24, 2.45) is 0 Å². The zero-order valence-corrected chi connectivity index (χ0v) is 15.1. The topological polar surface area (TPSA) is 97.8 Å². The van der Waals surface area contributed by atoms with Crippen LogP contribution in [0.25, 0.3) is 0 Å². The van der Waals surface area contributed by atoms with Gasteiger partial charge in [0, 0.05) is 24.4 Å². The van der Waals surface area contributed by atoms with Crippen LogP contribution in [0.3, 0.4) is 0 Å². The van der Waals surface area contributed by atoms with Gasteiger partial charge in [0.15, 0.2) is 5.69 Å². The third kappa shape index (κ3) is 5.18. The summed E-state index contributed by atoms with van der Waals surface area (Å²) in [5.74, 6) is -0.265. The van der Waals surface area contributed by atoms with Crippen molar-refractivity contribution in [1.29, 1.82) is 0 Å². The zero-order chi connectivity index (χ0) is 18.4. The highest BCUT2D eigenvalue weighted by Crippen LogP contribution is 2.25. The summed E-state index contributed by atoms with van der Waals surface area (Å²) >= 11 is 1.26. The van der Waals surface area contributed by atoms with E-state index in [4.69, 9.17) is 14.6 Å². The Hall–Kier alpha value is -2.61. The highest BCUT2D eigenvalue weighted by Gasteiger charge is 2.15. The standard InChI is InChI=1S/C17H20N2O5S/c1-10(2)24-14-8-11(23-3)4-5-12(14)16(20)18-7-6-15-19-13(9-25-15)17(21)22/h4-5,8-10H,6-7H2,1-3H3,(H,18,20)(H,21,22). The first-order valence-electron chi connectivity index (χ1n) is 7.71.